The molecule has 0 radical (unpaired) electrons. The molecule has 0 spiro atoms. The first-order valence-electron chi connectivity index (χ1n) is 6.45. The van der Waals surface area contributed by atoms with Crippen LogP contribution in [0.4, 0.5) is 5.69 Å². The van der Waals surface area contributed by atoms with Crippen LogP contribution in [-0.2, 0) is 13.1 Å². The van der Waals surface area contributed by atoms with Crippen LogP contribution in [0.5, 0.6) is 0 Å². The number of nitrogens with one attached hydrogen (secondary N) is 1. The molecular formula is C15H19ClN2S. The van der Waals surface area contributed by atoms with E-state index in [4.69, 9.17) is 11.6 Å². The predicted octanol–water partition coefficient (Wildman–Crippen LogP) is 4.15. The summed E-state index contributed by atoms with van der Waals surface area (Å²) in [6.07, 6.45) is 0. The summed E-state index contributed by atoms with van der Waals surface area (Å²) in [6.45, 7) is 4.87. The van der Waals surface area contributed by atoms with Crippen LogP contribution in [0.15, 0.2) is 35.7 Å². The maximum atomic E-state index is 6.41. The molecule has 0 saturated heterocycles. The maximum Gasteiger partial charge on any atom is 0.0642 e. The van der Waals surface area contributed by atoms with Crippen molar-refractivity contribution in [3.8, 4) is 0 Å². The van der Waals surface area contributed by atoms with E-state index in [1.54, 1.807) is 11.3 Å². The van der Waals surface area contributed by atoms with Crippen LogP contribution in [0.2, 0.25) is 5.02 Å². The molecule has 4 heteroatoms. The molecule has 1 heterocycles. The average Bonchev–Trinajstić information content (AvgIpc) is 2.90. The highest BCUT2D eigenvalue weighted by atomic mass is 35.5. The van der Waals surface area contributed by atoms with Crippen molar-refractivity contribution in [2.75, 3.05) is 18.5 Å². The topological polar surface area (TPSA) is 15.3 Å². The summed E-state index contributed by atoms with van der Waals surface area (Å²) in [5.74, 6) is 0. The molecule has 0 amide bonds. The fraction of sp³-hybridized carbons (Fsp3) is 0.333. The quantitative estimate of drug-likeness (QED) is 0.861. The number of anilines is 1. The van der Waals surface area contributed by atoms with Crippen LogP contribution < -0.4 is 10.2 Å². The van der Waals surface area contributed by atoms with Crippen LogP contribution in [0.25, 0.3) is 0 Å². The zero-order chi connectivity index (χ0) is 13.7. The lowest BCUT2D eigenvalue weighted by Gasteiger charge is -2.24. The van der Waals surface area contributed by atoms with E-state index in [2.05, 4.69) is 46.8 Å². The Balaban J connectivity index is 2.18. The van der Waals surface area contributed by atoms with Gasteiger partial charge in [-0.15, -0.1) is 11.3 Å². The number of rotatable bonds is 6. The summed E-state index contributed by atoms with van der Waals surface area (Å²) in [5, 5.41) is 6.08. The third-order valence-corrected chi connectivity index (χ3v) is 4.21. The molecule has 0 bridgehead atoms. The smallest absolute Gasteiger partial charge is 0.0642 e. The Morgan fingerprint density at radius 1 is 1.32 bits per heavy atom. The first-order chi connectivity index (χ1) is 9.24. The van der Waals surface area contributed by atoms with Gasteiger partial charge in [-0.2, -0.15) is 0 Å². The molecule has 0 fully saturated rings. The van der Waals surface area contributed by atoms with Crippen LogP contribution in [-0.4, -0.2) is 13.6 Å². The molecule has 19 heavy (non-hydrogen) atoms. The van der Waals surface area contributed by atoms with Crippen LogP contribution in [0.1, 0.15) is 17.4 Å². The molecule has 0 aliphatic rings. The number of hydrogen-bond acceptors (Lipinski definition) is 3. The molecule has 0 aliphatic carbocycles. The fourth-order valence-corrected chi connectivity index (χ4v) is 3.12. The molecule has 0 aliphatic heterocycles. The molecule has 2 rings (SSSR count). The highest BCUT2D eigenvalue weighted by Gasteiger charge is 2.10. The molecule has 0 unspecified atom stereocenters. The summed E-state index contributed by atoms with van der Waals surface area (Å²) in [6, 6.07) is 10.5. The Labute approximate surface area is 124 Å². The molecule has 1 aromatic heterocycles. The van der Waals surface area contributed by atoms with E-state index in [0.717, 1.165) is 30.3 Å². The molecule has 2 aromatic rings. The van der Waals surface area contributed by atoms with Gasteiger partial charge in [-0.3, -0.25) is 0 Å². The minimum absolute atomic E-state index is 0.825. The Morgan fingerprint density at radius 3 is 2.74 bits per heavy atom. The normalized spacial score (nSPS) is 10.7. The van der Waals surface area contributed by atoms with Crippen molar-refractivity contribution in [3.05, 3.63) is 51.2 Å². The Hall–Kier alpha value is -1.03. The van der Waals surface area contributed by atoms with Gasteiger partial charge < -0.3 is 10.2 Å². The monoisotopic (exact) mass is 294 g/mol. The van der Waals surface area contributed by atoms with Crippen molar-refractivity contribution >= 4 is 28.6 Å². The highest BCUT2D eigenvalue weighted by molar-refractivity contribution is 7.09. The van der Waals surface area contributed by atoms with Gasteiger partial charge >= 0.3 is 0 Å². The number of hydrogen-bond donors (Lipinski definition) is 1. The molecule has 1 N–H and O–H groups in total. The van der Waals surface area contributed by atoms with Gasteiger partial charge in [0.05, 0.1) is 17.3 Å². The van der Waals surface area contributed by atoms with Gasteiger partial charge in [0, 0.05) is 18.0 Å². The summed E-state index contributed by atoms with van der Waals surface area (Å²) >= 11 is 8.20. The van der Waals surface area contributed by atoms with Crippen molar-refractivity contribution in [1.82, 2.24) is 5.32 Å². The Kier molecular flexibility index (Phi) is 5.25. The second-order valence-electron chi connectivity index (χ2n) is 4.41. The fourth-order valence-electron chi connectivity index (χ4n) is 2.08. The van der Waals surface area contributed by atoms with Gasteiger partial charge in [-0.25, -0.2) is 0 Å². The first kappa shape index (κ1) is 14.4. The molecule has 2 nitrogen and oxygen atoms in total. The van der Waals surface area contributed by atoms with Crippen LogP contribution >= 0.6 is 22.9 Å². The van der Waals surface area contributed by atoms with Gasteiger partial charge in [0.25, 0.3) is 0 Å². The third kappa shape index (κ3) is 3.72. The SMILES string of the molecule is CCN(Cc1cccs1)c1ccc(CNC)cc1Cl. The number of thiophene rings is 1. The summed E-state index contributed by atoms with van der Waals surface area (Å²) in [4.78, 5) is 3.66. The largest absolute Gasteiger partial charge is 0.365 e. The minimum Gasteiger partial charge on any atom is -0.365 e. The number of benzene rings is 1. The van der Waals surface area contributed by atoms with E-state index in [-0.39, 0.29) is 0 Å². The van der Waals surface area contributed by atoms with E-state index in [9.17, 15) is 0 Å². The maximum absolute atomic E-state index is 6.41. The molecule has 1 aromatic carbocycles. The first-order valence-corrected chi connectivity index (χ1v) is 7.70. The summed E-state index contributed by atoms with van der Waals surface area (Å²) in [7, 11) is 1.94. The average molecular weight is 295 g/mol. The van der Waals surface area contributed by atoms with E-state index in [1.807, 2.05) is 13.1 Å². The minimum atomic E-state index is 0.825. The van der Waals surface area contributed by atoms with Gasteiger partial charge in [0.2, 0.25) is 0 Å². The molecular weight excluding hydrogens is 276 g/mol. The van der Waals surface area contributed by atoms with Crippen LogP contribution in [0.3, 0.4) is 0 Å². The lowest BCUT2D eigenvalue weighted by molar-refractivity contribution is 0.814. The highest BCUT2D eigenvalue weighted by Crippen LogP contribution is 2.28. The lowest BCUT2D eigenvalue weighted by atomic mass is 10.2. The van der Waals surface area contributed by atoms with E-state index < -0.39 is 0 Å². The lowest BCUT2D eigenvalue weighted by Crippen LogP contribution is -2.21. The molecule has 102 valence electrons. The second kappa shape index (κ2) is 6.94. The summed E-state index contributed by atoms with van der Waals surface area (Å²) in [5.41, 5.74) is 2.32. The van der Waals surface area contributed by atoms with Crippen molar-refractivity contribution in [3.63, 3.8) is 0 Å². The van der Waals surface area contributed by atoms with Crippen LogP contribution in [0, 0.1) is 0 Å². The van der Waals surface area contributed by atoms with Crippen molar-refractivity contribution in [2.24, 2.45) is 0 Å². The Morgan fingerprint density at radius 2 is 2.16 bits per heavy atom. The van der Waals surface area contributed by atoms with Gasteiger partial charge in [-0.05, 0) is 43.1 Å². The standard InChI is InChI=1S/C15H19ClN2S/c1-3-18(11-13-5-4-8-19-13)15-7-6-12(10-17-2)9-14(15)16/h4-9,17H,3,10-11H2,1-2H3. The Bertz CT molecular complexity index is 511. The molecule has 0 saturated carbocycles. The van der Waals surface area contributed by atoms with Crippen molar-refractivity contribution in [2.45, 2.75) is 20.0 Å². The second-order valence-corrected chi connectivity index (χ2v) is 5.85. The van der Waals surface area contributed by atoms with Crippen molar-refractivity contribution < 1.29 is 0 Å². The predicted molar refractivity (Wildman–Crippen MR) is 85.3 cm³/mol. The number of nitrogens with zero attached hydrogens (tertiary/aromatic N) is 1. The summed E-state index contributed by atoms with van der Waals surface area (Å²) < 4.78 is 0. The zero-order valence-corrected chi connectivity index (χ0v) is 12.9. The van der Waals surface area contributed by atoms with E-state index in [1.165, 1.54) is 10.4 Å². The number of halogens is 1. The van der Waals surface area contributed by atoms with Gasteiger partial charge in [0.15, 0.2) is 0 Å². The van der Waals surface area contributed by atoms with Gasteiger partial charge in [-0.1, -0.05) is 23.7 Å². The van der Waals surface area contributed by atoms with Crippen molar-refractivity contribution in [1.29, 1.82) is 0 Å². The van der Waals surface area contributed by atoms with E-state index in [0.29, 0.717) is 0 Å². The van der Waals surface area contributed by atoms with E-state index >= 15 is 0 Å². The molecule has 0 atom stereocenters. The zero-order valence-electron chi connectivity index (χ0n) is 11.3. The third-order valence-electron chi connectivity index (χ3n) is 3.04. The van der Waals surface area contributed by atoms with Gasteiger partial charge in [0.1, 0.15) is 0 Å².